The Bertz CT molecular complexity index is 445. The maximum absolute atomic E-state index is 13.5. The highest BCUT2D eigenvalue weighted by molar-refractivity contribution is 5.89. The number of rotatable bonds is 5. The van der Waals surface area contributed by atoms with Crippen LogP contribution in [0, 0.1) is 11.6 Å². The van der Waals surface area contributed by atoms with Crippen molar-refractivity contribution in [2.24, 2.45) is 0 Å². The molecule has 0 amide bonds. The zero-order valence-corrected chi connectivity index (χ0v) is 11.3. The first-order valence-electron chi connectivity index (χ1n) is 5.96. The third-order valence-corrected chi connectivity index (χ3v) is 3.66. The third-order valence-electron chi connectivity index (χ3n) is 3.66. The lowest BCUT2D eigenvalue weighted by atomic mass is 9.88. The van der Waals surface area contributed by atoms with Crippen LogP contribution in [0.4, 0.5) is 8.78 Å². The molecule has 0 fully saturated rings. The van der Waals surface area contributed by atoms with Gasteiger partial charge in [-0.05, 0) is 39.1 Å². The Morgan fingerprint density at radius 1 is 1.33 bits per heavy atom. The molecule has 0 aromatic heterocycles. The van der Waals surface area contributed by atoms with Gasteiger partial charge in [0.05, 0.1) is 5.54 Å². The van der Waals surface area contributed by atoms with E-state index < -0.39 is 17.2 Å². The van der Waals surface area contributed by atoms with E-state index in [-0.39, 0.29) is 17.8 Å². The number of benzene rings is 1. The number of carbonyl (C=O) groups is 1. The van der Waals surface area contributed by atoms with Crippen LogP contribution in [-0.2, 0) is 11.2 Å². The van der Waals surface area contributed by atoms with Crippen LogP contribution in [0.2, 0.25) is 0 Å². The van der Waals surface area contributed by atoms with E-state index in [2.05, 4.69) is 0 Å². The fourth-order valence-corrected chi connectivity index (χ4v) is 1.81. The van der Waals surface area contributed by atoms with Crippen LogP contribution in [0.15, 0.2) is 18.2 Å². The van der Waals surface area contributed by atoms with E-state index in [1.54, 1.807) is 0 Å². The zero-order chi connectivity index (χ0) is 13.9. The minimum atomic E-state index is -0.928. The quantitative estimate of drug-likeness (QED) is 0.806. The molecule has 1 unspecified atom stereocenters. The summed E-state index contributed by atoms with van der Waals surface area (Å²) >= 11 is 0. The summed E-state index contributed by atoms with van der Waals surface area (Å²) in [5.74, 6) is -1.95. The van der Waals surface area contributed by atoms with Gasteiger partial charge in [-0.3, -0.25) is 9.69 Å². The van der Waals surface area contributed by atoms with E-state index in [1.165, 1.54) is 12.1 Å². The Morgan fingerprint density at radius 2 is 1.94 bits per heavy atom. The minimum absolute atomic E-state index is 0.0912. The van der Waals surface area contributed by atoms with E-state index in [4.69, 9.17) is 0 Å². The largest absolute Gasteiger partial charge is 0.297 e. The Kier molecular flexibility index (Phi) is 4.57. The van der Waals surface area contributed by atoms with Gasteiger partial charge >= 0.3 is 0 Å². The summed E-state index contributed by atoms with van der Waals surface area (Å²) in [6.45, 7) is 3.71. The maximum atomic E-state index is 13.5. The molecule has 100 valence electrons. The van der Waals surface area contributed by atoms with E-state index in [1.807, 2.05) is 32.8 Å². The van der Waals surface area contributed by atoms with Crippen molar-refractivity contribution in [1.82, 2.24) is 4.90 Å². The maximum Gasteiger partial charge on any atom is 0.162 e. The van der Waals surface area contributed by atoms with Gasteiger partial charge in [0, 0.05) is 6.42 Å². The fraction of sp³-hybridized carbons (Fsp3) is 0.500. The van der Waals surface area contributed by atoms with Gasteiger partial charge < -0.3 is 0 Å². The Labute approximate surface area is 107 Å². The minimum Gasteiger partial charge on any atom is -0.297 e. The van der Waals surface area contributed by atoms with Crippen molar-refractivity contribution >= 4 is 5.78 Å². The summed E-state index contributed by atoms with van der Waals surface area (Å²) in [6.07, 6.45) is 0.530. The number of nitrogens with zero attached hydrogens (tertiary/aromatic N) is 1. The molecule has 1 aromatic rings. The van der Waals surface area contributed by atoms with E-state index in [0.717, 1.165) is 6.07 Å². The van der Waals surface area contributed by atoms with Gasteiger partial charge in [-0.2, -0.15) is 0 Å². The number of halogens is 2. The van der Waals surface area contributed by atoms with E-state index in [9.17, 15) is 13.6 Å². The number of hydrogen-bond donors (Lipinski definition) is 0. The average molecular weight is 255 g/mol. The molecule has 0 spiro atoms. The summed E-state index contributed by atoms with van der Waals surface area (Å²) in [7, 11) is 3.62. The number of Topliss-reactive ketones (excluding diaryl/α,β-unsaturated/α-hetero) is 1. The van der Waals surface area contributed by atoms with Crippen LogP contribution < -0.4 is 0 Å². The van der Waals surface area contributed by atoms with Crippen LogP contribution in [0.25, 0.3) is 0 Å². The van der Waals surface area contributed by atoms with Gasteiger partial charge in [0.1, 0.15) is 0 Å². The lowest BCUT2D eigenvalue weighted by molar-refractivity contribution is -0.128. The number of hydrogen-bond acceptors (Lipinski definition) is 2. The molecule has 0 saturated heterocycles. The molecule has 1 rings (SSSR count). The van der Waals surface area contributed by atoms with Crippen LogP contribution in [0.1, 0.15) is 25.8 Å². The molecule has 0 heterocycles. The van der Waals surface area contributed by atoms with Crippen molar-refractivity contribution in [3.05, 3.63) is 35.4 Å². The zero-order valence-electron chi connectivity index (χ0n) is 11.3. The second-order valence-electron chi connectivity index (χ2n) is 4.83. The fourth-order valence-electron chi connectivity index (χ4n) is 1.81. The normalized spacial score (nSPS) is 14.6. The topological polar surface area (TPSA) is 20.3 Å². The highest BCUT2D eigenvalue weighted by atomic mass is 19.2. The smallest absolute Gasteiger partial charge is 0.162 e. The molecule has 0 saturated carbocycles. The highest BCUT2D eigenvalue weighted by Crippen LogP contribution is 2.21. The van der Waals surface area contributed by atoms with Gasteiger partial charge in [0.15, 0.2) is 17.4 Å². The molecule has 2 nitrogen and oxygen atoms in total. The monoisotopic (exact) mass is 255 g/mol. The standard InChI is InChI=1S/C14H19F2NO/c1-5-14(2,17(3)4)12(18)9-10-7-6-8-11(15)13(10)16/h6-8H,5,9H2,1-4H3. The molecule has 0 N–H and O–H groups in total. The van der Waals surface area contributed by atoms with Crippen molar-refractivity contribution in [3.8, 4) is 0 Å². The van der Waals surface area contributed by atoms with Gasteiger partial charge in [-0.25, -0.2) is 8.78 Å². The van der Waals surface area contributed by atoms with Crippen molar-refractivity contribution in [3.63, 3.8) is 0 Å². The van der Waals surface area contributed by atoms with Crippen molar-refractivity contribution in [2.75, 3.05) is 14.1 Å². The Morgan fingerprint density at radius 3 is 2.44 bits per heavy atom. The summed E-state index contributed by atoms with van der Waals surface area (Å²) in [5.41, 5.74) is -0.541. The summed E-state index contributed by atoms with van der Waals surface area (Å²) in [4.78, 5) is 14.1. The molecule has 0 radical (unpaired) electrons. The Hall–Kier alpha value is -1.29. The van der Waals surface area contributed by atoms with Gasteiger partial charge in [0.2, 0.25) is 0 Å². The third kappa shape index (κ3) is 2.75. The molecule has 18 heavy (non-hydrogen) atoms. The van der Waals surface area contributed by atoms with Crippen molar-refractivity contribution in [1.29, 1.82) is 0 Å². The molecule has 4 heteroatoms. The van der Waals surface area contributed by atoms with Crippen LogP contribution in [-0.4, -0.2) is 30.3 Å². The van der Waals surface area contributed by atoms with E-state index >= 15 is 0 Å². The predicted octanol–water partition coefficient (Wildman–Crippen LogP) is 2.81. The number of ketones is 1. The van der Waals surface area contributed by atoms with Crippen molar-refractivity contribution in [2.45, 2.75) is 32.2 Å². The summed E-state index contributed by atoms with van der Waals surface area (Å²) in [5, 5.41) is 0. The van der Waals surface area contributed by atoms with E-state index in [0.29, 0.717) is 6.42 Å². The lowest BCUT2D eigenvalue weighted by Crippen LogP contribution is -2.48. The molecule has 0 aliphatic carbocycles. The lowest BCUT2D eigenvalue weighted by Gasteiger charge is -2.34. The summed E-state index contributed by atoms with van der Waals surface area (Å²) in [6, 6.07) is 3.91. The molecule has 0 aliphatic rings. The first-order chi connectivity index (χ1) is 8.32. The van der Waals surface area contributed by atoms with Crippen LogP contribution in [0.5, 0.6) is 0 Å². The van der Waals surface area contributed by atoms with Crippen molar-refractivity contribution < 1.29 is 13.6 Å². The molecular weight excluding hydrogens is 236 g/mol. The number of likely N-dealkylation sites (N-methyl/N-ethyl adjacent to an activating group) is 1. The van der Waals surface area contributed by atoms with Gasteiger partial charge in [-0.15, -0.1) is 0 Å². The predicted molar refractivity (Wildman–Crippen MR) is 67.5 cm³/mol. The molecule has 1 aromatic carbocycles. The number of carbonyl (C=O) groups excluding carboxylic acids is 1. The van der Waals surface area contributed by atoms with Crippen LogP contribution in [0.3, 0.4) is 0 Å². The molecule has 0 bridgehead atoms. The second-order valence-corrected chi connectivity index (χ2v) is 4.83. The Balaban J connectivity index is 2.97. The average Bonchev–Trinajstić information content (AvgIpc) is 2.33. The molecular formula is C14H19F2NO. The SMILES string of the molecule is CCC(C)(C(=O)Cc1cccc(F)c1F)N(C)C. The molecule has 1 atom stereocenters. The highest BCUT2D eigenvalue weighted by Gasteiger charge is 2.33. The second kappa shape index (κ2) is 5.57. The molecule has 0 aliphatic heterocycles. The first kappa shape index (κ1) is 14.8. The van der Waals surface area contributed by atoms with Crippen LogP contribution >= 0.6 is 0 Å². The first-order valence-corrected chi connectivity index (χ1v) is 5.96. The van der Waals surface area contributed by atoms with Gasteiger partial charge in [-0.1, -0.05) is 19.1 Å². The summed E-state index contributed by atoms with van der Waals surface area (Å²) < 4.78 is 26.6. The van der Waals surface area contributed by atoms with Gasteiger partial charge in [0.25, 0.3) is 0 Å².